The van der Waals surface area contributed by atoms with Crippen molar-refractivity contribution in [2.24, 2.45) is 0 Å². The average Bonchev–Trinajstić information content (AvgIpc) is 2.72. The summed E-state index contributed by atoms with van der Waals surface area (Å²) in [7, 11) is 3.11. The molecule has 1 aromatic rings. The van der Waals surface area contributed by atoms with Crippen molar-refractivity contribution in [3.63, 3.8) is 0 Å². The van der Waals surface area contributed by atoms with Crippen LogP contribution in [0.2, 0.25) is 0 Å². The maximum absolute atomic E-state index is 12.4. The molecule has 0 aromatic heterocycles. The highest BCUT2D eigenvalue weighted by molar-refractivity contribution is 5.84. The minimum atomic E-state index is -0.940. The first-order valence-corrected chi connectivity index (χ1v) is 9.56. The number of carbonyl (C=O) groups is 2. The van der Waals surface area contributed by atoms with Gasteiger partial charge in [-0.1, -0.05) is 25.3 Å². The predicted molar refractivity (Wildman–Crippen MR) is 103 cm³/mol. The van der Waals surface area contributed by atoms with Gasteiger partial charge in [0, 0.05) is 6.42 Å². The molecule has 1 fully saturated rings. The molecule has 0 heterocycles. The molecule has 1 amide bonds. The van der Waals surface area contributed by atoms with E-state index < -0.39 is 23.5 Å². The summed E-state index contributed by atoms with van der Waals surface area (Å²) in [6.07, 6.45) is 3.81. The molecule has 1 aromatic carbocycles. The number of nitrogens with one attached hydrogen (secondary N) is 1. The van der Waals surface area contributed by atoms with E-state index in [1.54, 1.807) is 20.3 Å². The summed E-state index contributed by atoms with van der Waals surface area (Å²) in [5.41, 5.74) is 0.0627. The second kappa shape index (κ2) is 9.98. The van der Waals surface area contributed by atoms with Crippen LogP contribution in [-0.4, -0.2) is 37.7 Å². The van der Waals surface area contributed by atoms with Crippen molar-refractivity contribution in [3.05, 3.63) is 23.8 Å². The lowest BCUT2D eigenvalue weighted by atomic mass is 9.83. The van der Waals surface area contributed by atoms with Gasteiger partial charge in [-0.25, -0.2) is 0 Å². The zero-order valence-electron chi connectivity index (χ0n) is 16.7. The highest BCUT2D eigenvalue weighted by Gasteiger charge is 2.35. The van der Waals surface area contributed by atoms with Crippen LogP contribution in [0.1, 0.15) is 51.0 Å². The van der Waals surface area contributed by atoms with E-state index >= 15 is 0 Å². The minimum absolute atomic E-state index is 0.135. The smallest absolute Gasteiger partial charge is 0.306 e. The molecule has 1 aliphatic carbocycles. The quantitative estimate of drug-likeness (QED) is 0.688. The zero-order valence-corrected chi connectivity index (χ0v) is 16.7. The highest BCUT2D eigenvalue weighted by atomic mass is 16.5. The molecule has 1 saturated carbocycles. The van der Waals surface area contributed by atoms with Gasteiger partial charge in [0.05, 0.1) is 20.3 Å². The molecule has 1 aliphatic rings. The number of methoxy groups -OCH3 is 2. The Labute approximate surface area is 166 Å². The average molecular weight is 388 g/mol. The Bertz CT molecular complexity index is 735. The molecule has 7 heteroatoms. The first-order chi connectivity index (χ1) is 13.4. The summed E-state index contributed by atoms with van der Waals surface area (Å²) < 4.78 is 15.7. The Balaban J connectivity index is 1.85. The van der Waals surface area contributed by atoms with Crippen molar-refractivity contribution in [1.82, 2.24) is 5.32 Å². The van der Waals surface area contributed by atoms with Crippen LogP contribution in [0.4, 0.5) is 0 Å². The Hall–Kier alpha value is -2.75. The first kappa shape index (κ1) is 21.5. The number of benzene rings is 1. The van der Waals surface area contributed by atoms with Gasteiger partial charge in [0.1, 0.15) is 5.54 Å². The third-order valence-corrected chi connectivity index (χ3v) is 5.03. The fourth-order valence-corrected chi connectivity index (χ4v) is 3.35. The molecule has 2 rings (SSSR count). The van der Waals surface area contributed by atoms with Crippen molar-refractivity contribution in [2.75, 3.05) is 14.2 Å². The van der Waals surface area contributed by atoms with Gasteiger partial charge in [0.25, 0.3) is 5.91 Å². The molecule has 0 unspecified atom stereocenters. The lowest BCUT2D eigenvalue weighted by Crippen LogP contribution is -2.52. The van der Waals surface area contributed by atoms with E-state index in [2.05, 4.69) is 11.4 Å². The van der Waals surface area contributed by atoms with Crippen LogP contribution in [0.5, 0.6) is 11.5 Å². The Morgan fingerprint density at radius 1 is 1.18 bits per heavy atom. The normalized spacial score (nSPS) is 16.4. The number of carbonyl (C=O) groups excluding carboxylic acids is 2. The summed E-state index contributed by atoms with van der Waals surface area (Å²) in [5.74, 6) is 0.318. The van der Waals surface area contributed by atoms with E-state index in [9.17, 15) is 14.9 Å². The number of ether oxygens (including phenoxy) is 3. The van der Waals surface area contributed by atoms with Crippen LogP contribution < -0.4 is 14.8 Å². The van der Waals surface area contributed by atoms with E-state index in [1.165, 1.54) is 6.92 Å². The summed E-state index contributed by atoms with van der Waals surface area (Å²) >= 11 is 0. The van der Waals surface area contributed by atoms with Crippen LogP contribution in [-0.2, 0) is 20.7 Å². The molecule has 1 N–H and O–H groups in total. The molecule has 0 spiro atoms. The van der Waals surface area contributed by atoms with E-state index in [-0.39, 0.29) is 6.42 Å². The number of hydrogen-bond donors (Lipinski definition) is 1. The van der Waals surface area contributed by atoms with Crippen molar-refractivity contribution in [3.8, 4) is 17.6 Å². The molecule has 0 bridgehead atoms. The lowest BCUT2D eigenvalue weighted by molar-refractivity contribution is -0.155. The topological polar surface area (TPSA) is 97.6 Å². The van der Waals surface area contributed by atoms with Crippen LogP contribution in [0.3, 0.4) is 0 Å². The maximum Gasteiger partial charge on any atom is 0.306 e. The summed E-state index contributed by atoms with van der Waals surface area (Å²) in [6, 6.07) is 7.67. The van der Waals surface area contributed by atoms with Gasteiger partial charge < -0.3 is 19.5 Å². The SMILES string of the molecule is COc1ccc(CCC(=O)O[C@@H](C)C(=O)NC2(C#N)CCCCC2)cc1OC. The van der Waals surface area contributed by atoms with Gasteiger partial charge in [0.15, 0.2) is 17.6 Å². The summed E-state index contributed by atoms with van der Waals surface area (Å²) in [6.45, 7) is 1.53. The molecule has 7 nitrogen and oxygen atoms in total. The number of esters is 1. The maximum atomic E-state index is 12.4. The van der Waals surface area contributed by atoms with Gasteiger partial charge in [-0.3, -0.25) is 9.59 Å². The minimum Gasteiger partial charge on any atom is -0.493 e. The van der Waals surface area contributed by atoms with Crippen molar-refractivity contribution < 1.29 is 23.8 Å². The Morgan fingerprint density at radius 2 is 1.86 bits per heavy atom. The molecule has 28 heavy (non-hydrogen) atoms. The number of nitrogens with zero attached hydrogens (tertiary/aromatic N) is 1. The van der Waals surface area contributed by atoms with Gasteiger partial charge in [0.2, 0.25) is 0 Å². The number of nitriles is 1. The van der Waals surface area contributed by atoms with E-state index in [0.717, 1.165) is 24.8 Å². The number of amides is 1. The van der Waals surface area contributed by atoms with E-state index in [4.69, 9.17) is 14.2 Å². The Kier molecular flexibility index (Phi) is 7.68. The van der Waals surface area contributed by atoms with Crippen molar-refractivity contribution >= 4 is 11.9 Å². The third kappa shape index (κ3) is 5.62. The second-order valence-electron chi connectivity index (χ2n) is 7.07. The second-order valence-corrected chi connectivity index (χ2v) is 7.07. The van der Waals surface area contributed by atoms with Crippen LogP contribution in [0.15, 0.2) is 18.2 Å². The van der Waals surface area contributed by atoms with Crippen molar-refractivity contribution in [2.45, 2.75) is 63.5 Å². The monoisotopic (exact) mass is 388 g/mol. The van der Waals surface area contributed by atoms with Crippen LogP contribution in [0, 0.1) is 11.3 Å². The van der Waals surface area contributed by atoms with Crippen LogP contribution >= 0.6 is 0 Å². The molecular formula is C21H28N2O5. The fraction of sp³-hybridized carbons (Fsp3) is 0.571. The molecule has 152 valence electrons. The summed E-state index contributed by atoms with van der Waals surface area (Å²) in [5, 5.41) is 12.2. The molecule has 0 aliphatic heterocycles. The molecule has 0 saturated heterocycles. The molecule has 1 atom stereocenters. The van der Waals surface area contributed by atoms with E-state index in [0.29, 0.717) is 30.8 Å². The molecular weight excluding hydrogens is 360 g/mol. The number of hydrogen-bond acceptors (Lipinski definition) is 6. The third-order valence-electron chi connectivity index (χ3n) is 5.03. The zero-order chi connectivity index (χ0) is 20.6. The van der Waals surface area contributed by atoms with Crippen molar-refractivity contribution in [1.29, 1.82) is 5.26 Å². The predicted octanol–water partition coefficient (Wildman–Crippen LogP) is 2.91. The van der Waals surface area contributed by atoms with Gasteiger partial charge in [-0.05, 0) is 43.9 Å². The van der Waals surface area contributed by atoms with Gasteiger partial charge in [-0.2, -0.15) is 5.26 Å². The fourth-order valence-electron chi connectivity index (χ4n) is 3.35. The lowest BCUT2D eigenvalue weighted by Gasteiger charge is -2.32. The standard InChI is InChI=1S/C21H28N2O5/c1-15(20(25)23-21(14-22)11-5-4-6-12-21)28-19(24)10-8-16-7-9-17(26-2)18(13-16)27-3/h7,9,13,15H,4-6,8,10-12H2,1-3H3,(H,23,25)/t15-/m0/s1. The molecule has 0 radical (unpaired) electrons. The van der Waals surface area contributed by atoms with Gasteiger partial charge >= 0.3 is 5.97 Å². The first-order valence-electron chi connectivity index (χ1n) is 9.56. The van der Waals surface area contributed by atoms with E-state index in [1.807, 2.05) is 12.1 Å². The number of aryl methyl sites for hydroxylation is 1. The summed E-state index contributed by atoms with van der Waals surface area (Å²) in [4.78, 5) is 24.5. The highest BCUT2D eigenvalue weighted by Crippen LogP contribution is 2.29. The Morgan fingerprint density at radius 3 is 2.46 bits per heavy atom. The van der Waals surface area contributed by atoms with Gasteiger partial charge in [-0.15, -0.1) is 0 Å². The van der Waals surface area contributed by atoms with Crippen LogP contribution in [0.25, 0.3) is 0 Å². The largest absolute Gasteiger partial charge is 0.493 e. The number of rotatable bonds is 8.